The number of amides is 2. The highest BCUT2D eigenvalue weighted by molar-refractivity contribution is 7.98. The summed E-state index contributed by atoms with van der Waals surface area (Å²) in [5, 5.41) is 3.14. The predicted octanol–water partition coefficient (Wildman–Crippen LogP) is 5.88. The first-order chi connectivity index (χ1) is 21.7. The summed E-state index contributed by atoms with van der Waals surface area (Å²) in [5.74, 6) is 0.266. The van der Waals surface area contributed by atoms with Crippen molar-refractivity contribution in [1.82, 2.24) is 10.2 Å². The summed E-state index contributed by atoms with van der Waals surface area (Å²) >= 11 is 1.50. The molecule has 1 atom stereocenters. The maximum atomic E-state index is 14.4. The van der Waals surface area contributed by atoms with Crippen LogP contribution in [-0.2, 0) is 26.2 Å². The minimum Gasteiger partial charge on any atom is -0.497 e. The van der Waals surface area contributed by atoms with Crippen molar-refractivity contribution < 1.29 is 27.5 Å². The molecule has 11 heteroatoms. The number of hydrogen-bond acceptors (Lipinski definition) is 7. The van der Waals surface area contributed by atoms with Crippen LogP contribution in [0.5, 0.6) is 11.5 Å². The first kappa shape index (κ1) is 34.2. The Labute approximate surface area is 271 Å². The molecule has 9 nitrogen and oxygen atoms in total. The van der Waals surface area contributed by atoms with Gasteiger partial charge in [-0.2, -0.15) is 0 Å². The van der Waals surface area contributed by atoms with E-state index in [4.69, 9.17) is 9.47 Å². The van der Waals surface area contributed by atoms with E-state index in [1.165, 1.54) is 16.7 Å². The highest BCUT2D eigenvalue weighted by Gasteiger charge is 2.35. The van der Waals surface area contributed by atoms with Gasteiger partial charge in [-0.3, -0.25) is 13.9 Å². The number of methoxy groups -OCH3 is 1. The molecule has 2 amide bonds. The van der Waals surface area contributed by atoms with E-state index in [0.717, 1.165) is 40.4 Å². The molecule has 0 aliphatic heterocycles. The number of sulfonamides is 1. The fourth-order valence-corrected chi connectivity index (χ4v) is 7.38. The molecule has 242 valence electrons. The van der Waals surface area contributed by atoms with Crippen LogP contribution in [0.1, 0.15) is 51.5 Å². The number of para-hydroxylation sites is 2. The first-order valence-electron chi connectivity index (χ1n) is 15.3. The molecule has 4 rings (SSSR count). The predicted molar refractivity (Wildman–Crippen MR) is 178 cm³/mol. The zero-order valence-corrected chi connectivity index (χ0v) is 28.0. The quantitative estimate of drug-likeness (QED) is 0.204. The molecule has 1 saturated carbocycles. The Kier molecular flexibility index (Phi) is 12.2. The lowest BCUT2D eigenvalue weighted by molar-refractivity contribution is -0.140. The average molecular weight is 654 g/mol. The molecule has 0 aromatic heterocycles. The monoisotopic (exact) mass is 653 g/mol. The van der Waals surface area contributed by atoms with Crippen molar-refractivity contribution in [2.75, 3.05) is 30.8 Å². The highest BCUT2D eigenvalue weighted by atomic mass is 32.2. The Morgan fingerprint density at radius 2 is 1.64 bits per heavy atom. The third-order valence-electron chi connectivity index (χ3n) is 7.96. The fraction of sp³-hybridized carbons (Fsp3) is 0.412. The Morgan fingerprint density at radius 3 is 2.24 bits per heavy atom. The van der Waals surface area contributed by atoms with Crippen LogP contribution in [-0.4, -0.2) is 63.7 Å². The molecule has 1 aliphatic carbocycles. The number of carbonyl (C=O) groups is 2. The van der Waals surface area contributed by atoms with Crippen LogP contribution in [0.2, 0.25) is 0 Å². The Bertz CT molecular complexity index is 1520. The summed E-state index contributed by atoms with van der Waals surface area (Å²) < 4.78 is 40.8. The van der Waals surface area contributed by atoms with Crippen molar-refractivity contribution in [3.63, 3.8) is 0 Å². The maximum Gasteiger partial charge on any atom is 0.264 e. The highest BCUT2D eigenvalue weighted by Crippen LogP contribution is 2.33. The van der Waals surface area contributed by atoms with Gasteiger partial charge in [-0.1, -0.05) is 44.0 Å². The van der Waals surface area contributed by atoms with Gasteiger partial charge in [0.2, 0.25) is 11.8 Å². The van der Waals surface area contributed by atoms with Crippen molar-refractivity contribution in [3.8, 4) is 11.5 Å². The van der Waals surface area contributed by atoms with Gasteiger partial charge in [0.25, 0.3) is 10.0 Å². The van der Waals surface area contributed by atoms with Gasteiger partial charge in [-0.15, -0.1) is 11.8 Å². The number of hydrogen-bond donors (Lipinski definition) is 1. The lowest BCUT2D eigenvalue weighted by atomic mass is 10.1. The SMILES string of the molecule is CCOc1ccccc1N(CC(=O)N(Cc1ccc(OC)cc1)C(CC)C(=O)NC1CCCC1)S(=O)(=O)c1ccc(SC)cc1. The fourth-order valence-electron chi connectivity index (χ4n) is 5.54. The van der Waals surface area contributed by atoms with Gasteiger partial charge in [0.05, 0.1) is 24.3 Å². The number of thioether (sulfide) groups is 1. The van der Waals surface area contributed by atoms with Gasteiger partial charge in [-0.05, 0) is 86.5 Å². The van der Waals surface area contributed by atoms with Crippen molar-refractivity contribution in [2.45, 2.75) is 74.4 Å². The summed E-state index contributed by atoms with van der Waals surface area (Å²) in [4.78, 5) is 30.5. The second kappa shape index (κ2) is 16.0. The van der Waals surface area contributed by atoms with Crippen LogP contribution in [0.15, 0.2) is 82.6 Å². The number of benzene rings is 3. The number of nitrogens with zero attached hydrogens (tertiary/aromatic N) is 2. The van der Waals surface area contributed by atoms with Crippen LogP contribution >= 0.6 is 11.8 Å². The average Bonchev–Trinajstić information content (AvgIpc) is 3.57. The lowest BCUT2D eigenvalue weighted by Gasteiger charge is -2.34. The second-order valence-corrected chi connectivity index (χ2v) is 13.6. The molecular formula is C34H43N3O6S2. The summed E-state index contributed by atoms with van der Waals surface area (Å²) in [6.07, 6.45) is 6.20. The molecule has 0 heterocycles. The Morgan fingerprint density at radius 1 is 0.978 bits per heavy atom. The van der Waals surface area contributed by atoms with Gasteiger partial charge in [0, 0.05) is 17.5 Å². The molecule has 0 saturated heterocycles. The maximum absolute atomic E-state index is 14.4. The minimum absolute atomic E-state index is 0.0483. The van der Waals surface area contributed by atoms with Crippen LogP contribution in [0, 0.1) is 0 Å². The normalized spacial score (nSPS) is 14.0. The van der Waals surface area contributed by atoms with E-state index < -0.39 is 28.5 Å². The Hall–Kier alpha value is -3.70. The molecule has 1 unspecified atom stereocenters. The standard InChI is InChI=1S/C34H43N3O6S2/c1-5-30(34(39)35-26-11-7-8-12-26)36(23-25-15-17-27(42-3)18-16-25)33(38)24-37(31-13-9-10-14-32(31)43-6-2)45(40,41)29-21-19-28(44-4)20-22-29/h9-10,13-22,26,30H,5-8,11-12,23-24H2,1-4H3,(H,35,39). The molecule has 0 radical (unpaired) electrons. The molecule has 3 aromatic rings. The van der Waals surface area contributed by atoms with Gasteiger partial charge in [0.15, 0.2) is 0 Å². The molecule has 1 N–H and O–H groups in total. The van der Waals surface area contributed by atoms with E-state index in [2.05, 4.69) is 5.32 Å². The van der Waals surface area contributed by atoms with Crippen LogP contribution in [0.3, 0.4) is 0 Å². The number of rotatable bonds is 15. The molecule has 0 bridgehead atoms. The van der Waals surface area contributed by atoms with Crippen molar-refractivity contribution >= 4 is 39.3 Å². The van der Waals surface area contributed by atoms with Crippen molar-refractivity contribution in [3.05, 3.63) is 78.4 Å². The number of nitrogens with one attached hydrogen (secondary N) is 1. The molecule has 3 aromatic carbocycles. The largest absolute Gasteiger partial charge is 0.497 e. The molecule has 1 aliphatic rings. The zero-order chi connectivity index (χ0) is 32.4. The summed E-state index contributed by atoms with van der Waals surface area (Å²) in [6.45, 7) is 3.57. The van der Waals surface area contributed by atoms with E-state index in [9.17, 15) is 18.0 Å². The van der Waals surface area contributed by atoms with Crippen LogP contribution in [0.4, 0.5) is 5.69 Å². The Balaban J connectivity index is 1.75. The summed E-state index contributed by atoms with van der Waals surface area (Å²) in [6, 6.07) is 19.9. The van der Waals surface area contributed by atoms with Crippen molar-refractivity contribution in [1.29, 1.82) is 0 Å². The first-order valence-corrected chi connectivity index (χ1v) is 18.0. The van der Waals surface area contributed by atoms with Crippen molar-refractivity contribution in [2.24, 2.45) is 0 Å². The van der Waals surface area contributed by atoms with Crippen LogP contribution in [0.25, 0.3) is 0 Å². The molecule has 1 fully saturated rings. The topological polar surface area (TPSA) is 105 Å². The van der Waals surface area contributed by atoms with E-state index in [1.54, 1.807) is 67.8 Å². The molecular weight excluding hydrogens is 611 g/mol. The van der Waals surface area contributed by atoms with Gasteiger partial charge >= 0.3 is 0 Å². The van der Waals surface area contributed by atoms with E-state index in [1.807, 2.05) is 32.2 Å². The summed E-state index contributed by atoms with van der Waals surface area (Å²) in [7, 11) is -2.64. The van der Waals surface area contributed by atoms with E-state index in [0.29, 0.717) is 24.5 Å². The van der Waals surface area contributed by atoms with Gasteiger partial charge in [0.1, 0.15) is 24.1 Å². The lowest BCUT2D eigenvalue weighted by Crippen LogP contribution is -2.53. The third-order valence-corrected chi connectivity index (χ3v) is 10.5. The van der Waals surface area contributed by atoms with E-state index in [-0.39, 0.29) is 29.1 Å². The molecule has 45 heavy (non-hydrogen) atoms. The third kappa shape index (κ3) is 8.52. The van der Waals surface area contributed by atoms with Gasteiger partial charge < -0.3 is 19.7 Å². The summed E-state index contributed by atoms with van der Waals surface area (Å²) in [5.41, 5.74) is 1.03. The van der Waals surface area contributed by atoms with E-state index >= 15 is 0 Å². The van der Waals surface area contributed by atoms with Gasteiger partial charge in [-0.25, -0.2) is 8.42 Å². The van der Waals surface area contributed by atoms with Crippen LogP contribution < -0.4 is 19.1 Å². The zero-order valence-electron chi connectivity index (χ0n) is 26.4. The smallest absolute Gasteiger partial charge is 0.264 e. The number of anilines is 1. The second-order valence-electron chi connectivity index (χ2n) is 10.9. The number of carbonyl (C=O) groups excluding carboxylic acids is 2. The number of ether oxygens (including phenoxy) is 2. The minimum atomic E-state index is -4.22. The molecule has 0 spiro atoms.